The highest BCUT2D eigenvalue weighted by Gasteiger charge is 2.37. The molecule has 0 aliphatic carbocycles. The minimum atomic E-state index is -3.54. The van der Waals surface area contributed by atoms with Crippen LogP contribution >= 0.6 is 0 Å². The molecule has 2 aromatic rings. The number of amides is 1. The maximum atomic E-state index is 12.5. The van der Waals surface area contributed by atoms with Crippen LogP contribution in [0.15, 0.2) is 41.4 Å². The molecule has 1 fully saturated rings. The number of aryl methyl sites for hydroxylation is 1. The number of aromatic nitrogens is 1. The van der Waals surface area contributed by atoms with E-state index < -0.39 is 10.0 Å². The molecule has 2 heterocycles. The predicted octanol–water partition coefficient (Wildman–Crippen LogP) is 1.13. The van der Waals surface area contributed by atoms with Crippen LogP contribution in [-0.2, 0) is 10.0 Å². The molecule has 1 saturated heterocycles. The van der Waals surface area contributed by atoms with Crippen molar-refractivity contribution in [1.29, 1.82) is 0 Å². The van der Waals surface area contributed by atoms with Gasteiger partial charge < -0.3 is 15.0 Å². The summed E-state index contributed by atoms with van der Waals surface area (Å²) in [7, 11) is -2.01. The molecule has 1 aromatic heterocycles. The number of carbonyl (C=O) groups is 1. The van der Waals surface area contributed by atoms with Crippen molar-refractivity contribution in [3.05, 3.63) is 47.8 Å². The van der Waals surface area contributed by atoms with E-state index in [4.69, 9.17) is 4.74 Å². The molecule has 1 aliphatic heterocycles. The Balaban J connectivity index is 1.61. The summed E-state index contributed by atoms with van der Waals surface area (Å²) < 4.78 is 31.4. The van der Waals surface area contributed by atoms with Crippen LogP contribution in [0.1, 0.15) is 16.1 Å². The normalized spacial score (nSPS) is 15.8. The summed E-state index contributed by atoms with van der Waals surface area (Å²) in [6.45, 7) is 2.35. The number of hydrogen-bond acceptors (Lipinski definition) is 4. The summed E-state index contributed by atoms with van der Waals surface area (Å²) in [5, 5.41) is 2.85. The Morgan fingerprint density at radius 3 is 2.46 bits per heavy atom. The maximum absolute atomic E-state index is 12.5. The molecule has 1 aliphatic rings. The van der Waals surface area contributed by atoms with Crippen LogP contribution in [0, 0.1) is 6.92 Å². The fourth-order valence-electron chi connectivity index (χ4n) is 2.58. The van der Waals surface area contributed by atoms with Gasteiger partial charge in [-0.1, -0.05) is 0 Å². The molecule has 3 rings (SSSR count). The van der Waals surface area contributed by atoms with Crippen molar-refractivity contribution in [2.45, 2.75) is 17.9 Å². The average Bonchev–Trinajstić information content (AvgIpc) is 2.96. The number of aromatic amines is 1. The number of rotatable bonds is 5. The molecule has 0 spiro atoms. The van der Waals surface area contributed by atoms with Crippen LogP contribution in [0.25, 0.3) is 0 Å². The third-order valence-corrected chi connectivity index (χ3v) is 5.92. The molecule has 0 radical (unpaired) electrons. The van der Waals surface area contributed by atoms with Gasteiger partial charge in [-0.15, -0.1) is 0 Å². The highest BCUT2D eigenvalue weighted by molar-refractivity contribution is 7.89. The average molecular weight is 349 g/mol. The lowest BCUT2D eigenvalue weighted by Crippen LogP contribution is -2.60. The Bertz CT molecular complexity index is 836. The van der Waals surface area contributed by atoms with Gasteiger partial charge in [-0.05, 0) is 37.3 Å². The lowest BCUT2D eigenvalue weighted by Gasteiger charge is -2.38. The zero-order chi connectivity index (χ0) is 17.3. The van der Waals surface area contributed by atoms with Crippen LogP contribution in [0.2, 0.25) is 0 Å². The topological polar surface area (TPSA) is 91.5 Å². The van der Waals surface area contributed by atoms with E-state index in [0.717, 1.165) is 5.69 Å². The number of nitrogens with zero attached hydrogens (tertiary/aromatic N) is 1. The zero-order valence-corrected chi connectivity index (χ0v) is 14.3. The molecular weight excluding hydrogens is 330 g/mol. The van der Waals surface area contributed by atoms with Crippen LogP contribution < -0.4 is 10.1 Å². The van der Waals surface area contributed by atoms with E-state index in [0.29, 0.717) is 11.3 Å². The predicted molar refractivity (Wildman–Crippen MR) is 88.5 cm³/mol. The smallest absolute Gasteiger partial charge is 0.253 e. The molecule has 0 bridgehead atoms. The highest BCUT2D eigenvalue weighted by Crippen LogP contribution is 2.23. The number of hydrogen-bond donors (Lipinski definition) is 2. The fraction of sp³-hybridized carbons (Fsp3) is 0.312. The first-order valence-corrected chi connectivity index (χ1v) is 8.95. The van der Waals surface area contributed by atoms with Crippen molar-refractivity contribution in [3.8, 4) is 5.75 Å². The molecule has 128 valence electrons. The highest BCUT2D eigenvalue weighted by atomic mass is 32.2. The van der Waals surface area contributed by atoms with Crippen LogP contribution in [0.3, 0.4) is 0 Å². The molecule has 8 heteroatoms. The van der Waals surface area contributed by atoms with E-state index in [1.807, 2.05) is 6.92 Å². The maximum Gasteiger partial charge on any atom is 0.253 e. The molecule has 0 atom stereocenters. The minimum Gasteiger partial charge on any atom is -0.497 e. The number of H-pyrrole nitrogens is 1. The lowest BCUT2D eigenvalue weighted by molar-refractivity contribution is 0.0895. The number of carbonyl (C=O) groups excluding carboxylic acids is 1. The van der Waals surface area contributed by atoms with E-state index in [1.54, 1.807) is 24.4 Å². The van der Waals surface area contributed by atoms with Gasteiger partial charge in [0.2, 0.25) is 10.0 Å². The van der Waals surface area contributed by atoms with Crippen LogP contribution in [-0.4, -0.2) is 49.9 Å². The number of nitrogens with one attached hydrogen (secondary N) is 2. The first-order valence-electron chi connectivity index (χ1n) is 7.51. The summed E-state index contributed by atoms with van der Waals surface area (Å²) >= 11 is 0. The molecule has 7 nitrogen and oxygen atoms in total. The first kappa shape index (κ1) is 16.5. The van der Waals surface area contributed by atoms with E-state index in [1.165, 1.54) is 23.5 Å². The van der Waals surface area contributed by atoms with Crippen molar-refractivity contribution in [3.63, 3.8) is 0 Å². The number of methoxy groups -OCH3 is 1. The second-order valence-electron chi connectivity index (χ2n) is 5.68. The molecule has 1 amide bonds. The lowest BCUT2D eigenvalue weighted by atomic mass is 10.1. The third-order valence-electron chi connectivity index (χ3n) is 4.08. The Hall–Kier alpha value is -2.32. The van der Waals surface area contributed by atoms with E-state index in [9.17, 15) is 13.2 Å². The van der Waals surface area contributed by atoms with Gasteiger partial charge in [0.05, 0.1) is 23.6 Å². The van der Waals surface area contributed by atoms with Crippen LogP contribution in [0.4, 0.5) is 0 Å². The first-order chi connectivity index (χ1) is 11.4. The van der Waals surface area contributed by atoms with E-state index >= 15 is 0 Å². The SMILES string of the molecule is COc1ccc(S(=O)(=O)N2CC(NC(=O)c3cc[nH]c3C)C2)cc1. The van der Waals surface area contributed by atoms with Crippen molar-refractivity contribution in [2.24, 2.45) is 0 Å². The van der Waals surface area contributed by atoms with Crippen molar-refractivity contribution in [1.82, 2.24) is 14.6 Å². The van der Waals surface area contributed by atoms with E-state index in [2.05, 4.69) is 10.3 Å². The standard InChI is InChI=1S/C16H19N3O4S/c1-11-15(7-8-17-11)16(20)18-12-9-19(10-12)24(21,22)14-5-3-13(23-2)4-6-14/h3-8,12,17H,9-10H2,1-2H3,(H,18,20). The largest absolute Gasteiger partial charge is 0.497 e. The molecule has 0 unspecified atom stereocenters. The van der Waals surface area contributed by atoms with Gasteiger partial charge in [0, 0.05) is 25.0 Å². The van der Waals surface area contributed by atoms with Crippen molar-refractivity contribution in [2.75, 3.05) is 20.2 Å². The third kappa shape index (κ3) is 3.02. The Labute approximate surface area is 140 Å². The minimum absolute atomic E-state index is 0.181. The summed E-state index contributed by atoms with van der Waals surface area (Å²) in [6, 6.07) is 7.78. The molecule has 0 saturated carbocycles. The van der Waals surface area contributed by atoms with Gasteiger partial charge in [-0.2, -0.15) is 4.31 Å². The van der Waals surface area contributed by atoms with Gasteiger partial charge in [-0.25, -0.2) is 8.42 Å². The Morgan fingerprint density at radius 1 is 1.25 bits per heavy atom. The van der Waals surface area contributed by atoms with Gasteiger partial charge in [0.15, 0.2) is 0 Å². The Kier molecular flexibility index (Phi) is 4.33. The monoisotopic (exact) mass is 349 g/mol. The summed E-state index contributed by atoms with van der Waals surface area (Å²) in [5.41, 5.74) is 1.36. The molecule has 1 aromatic carbocycles. The van der Waals surface area contributed by atoms with Crippen molar-refractivity contribution >= 4 is 15.9 Å². The fourth-order valence-corrected chi connectivity index (χ4v) is 4.11. The van der Waals surface area contributed by atoms with Crippen molar-refractivity contribution < 1.29 is 17.9 Å². The van der Waals surface area contributed by atoms with Crippen LogP contribution in [0.5, 0.6) is 5.75 Å². The molecular formula is C16H19N3O4S. The number of sulfonamides is 1. The summed E-state index contributed by atoms with van der Waals surface area (Å²) in [5.74, 6) is 0.407. The molecule has 24 heavy (non-hydrogen) atoms. The second-order valence-corrected chi connectivity index (χ2v) is 7.62. The number of benzene rings is 1. The van der Waals surface area contributed by atoms with E-state index in [-0.39, 0.29) is 29.9 Å². The van der Waals surface area contributed by atoms with Gasteiger partial charge >= 0.3 is 0 Å². The molecule has 2 N–H and O–H groups in total. The second kappa shape index (κ2) is 6.29. The number of ether oxygens (including phenoxy) is 1. The van der Waals surface area contributed by atoms with Gasteiger partial charge in [-0.3, -0.25) is 4.79 Å². The summed E-state index contributed by atoms with van der Waals surface area (Å²) in [6.07, 6.45) is 1.70. The summed E-state index contributed by atoms with van der Waals surface area (Å²) in [4.78, 5) is 15.3. The Morgan fingerprint density at radius 2 is 1.92 bits per heavy atom. The quantitative estimate of drug-likeness (QED) is 0.847. The van der Waals surface area contributed by atoms with Gasteiger partial charge in [0.25, 0.3) is 5.91 Å². The van der Waals surface area contributed by atoms with Gasteiger partial charge in [0.1, 0.15) is 5.75 Å². The zero-order valence-electron chi connectivity index (χ0n) is 13.4.